The molecule has 0 amide bonds. The van der Waals surface area contributed by atoms with Crippen LogP contribution in [0.15, 0.2) is 16.6 Å². The van der Waals surface area contributed by atoms with Crippen LogP contribution in [0.4, 0.5) is 4.39 Å². The number of carboxylic acids is 1. The molecule has 1 aromatic rings. The highest BCUT2D eigenvalue weighted by Gasteiger charge is 2.41. The zero-order valence-corrected chi connectivity index (χ0v) is 11.3. The summed E-state index contributed by atoms with van der Waals surface area (Å²) in [5.74, 6) is -2.18. The van der Waals surface area contributed by atoms with E-state index in [1.54, 1.807) is 0 Å². The molecule has 2 N–H and O–H groups in total. The van der Waals surface area contributed by atoms with Gasteiger partial charge in [-0.25, -0.2) is 4.39 Å². The first kappa shape index (κ1) is 13.3. The van der Waals surface area contributed by atoms with E-state index in [9.17, 15) is 19.4 Å². The molecule has 1 saturated carbocycles. The molecule has 0 heterocycles. The summed E-state index contributed by atoms with van der Waals surface area (Å²) in [6.45, 7) is 0. The first-order valence-electron chi connectivity index (χ1n) is 5.89. The number of carbonyl (C=O) groups is 1. The van der Waals surface area contributed by atoms with Crippen molar-refractivity contribution in [2.75, 3.05) is 0 Å². The lowest BCUT2D eigenvalue weighted by Crippen LogP contribution is -2.37. The molecular weight excluding hydrogens is 303 g/mol. The van der Waals surface area contributed by atoms with Gasteiger partial charge in [0.2, 0.25) is 0 Å². The Balaban J connectivity index is 2.52. The van der Waals surface area contributed by atoms with Crippen molar-refractivity contribution in [1.82, 2.24) is 0 Å². The Morgan fingerprint density at radius 3 is 2.39 bits per heavy atom. The zero-order valence-electron chi connectivity index (χ0n) is 9.75. The third kappa shape index (κ3) is 2.11. The molecule has 0 saturated heterocycles. The van der Waals surface area contributed by atoms with Gasteiger partial charge >= 0.3 is 5.97 Å². The predicted molar refractivity (Wildman–Crippen MR) is 68.2 cm³/mol. The minimum Gasteiger partial charge on any atom is -0.504 e. The van der Waals surface area contributed by atoms with E-state index in [1.165, 1.54) is 6.07 Å². The molecule has 0 unspecified atom stereocenters. The normalized spacial score (nSPS) is 18.6. The molecule has 1 aliphatic rings. The van der Waals surface area contributed by atoms with Gasteiger partial charge in [-0.15, -0.1) is 0 Å². The molecule has 0 atom stereocenters. The van der Waals surface area contributed by atoms with Gasteiger partial charge in [0.25, 0.3) is 0 Å². The van der Waals surface area contributed by atoms with Crippen LogP contribution in [0, 0.1) is 5.82 Å². The number of phenolic OH excluding ortho intramolecular Hbond substituents is 1. The fourth-order valence-electron chi connectivity index (χ4n) is 2.62. The Morgan fingerprint density at radius 1 is 1.28 bits per heavy atom. The molecule has 2 rings (SSSR count). The van der Waals surface area contributed by atoms with E-state index in [0.717, 1.165) is 25.3 Å². The summed E-state index contributed by atoms with van der Waals surface area (Å²) in [6, 6.07) is 2.65. The summed E-state index contributed by atoms with van der Waals surface area (Å²) in [5.41, 5.74) is -0.591. The second kappa shape index (κ2) is 4.88. The fraction of sp³-hybridized carbons (Fsp3) is 0.462. The van der Waals surface area contributed by atoms with E-state index in [0.29, 0.717) is 18.4 Å². The summed E-state index contributed by atoms with van der Waals surface area (Å²) < 4.78 is 13.8. The second-order valence-corrected chi connectivity index (χ2v) is 5.59. The summed E-state index contributed by atoms with van der Waals surface area (Å²) in [7, 11) is 0. The molecule has 0 aliphatic heterocycles. The lowest BCUT2D eigenvalue weighted by atomic mass is 9.69. The lowest BCUT2D eigenvalue weighted by Gasteiger charge is -2.33. The van der Waals surface area contributed by atoms with Gasteiger partial charge in [0.05, 0.1) is 9.89 Å². The molecule has 1 aromatic carbocycles. The van der Waals surface area contributed by atoms with Crippen molar-refractivity contribution in [3.8, 4) is 5.75 Å². The van der Waals surface area contributed by atoms with Crippen molar-refractivity contribution < 1.29 is 19.4 Å². The number of rotatable bonds is 2. The van der Waals surface area contributed by atoms with Crippen LogP contribution in [0.2, 0.25) is 0 Å². The van der Waals surface area contributed by atoms with Gasteiger partial charge in [-0.3, -0.25) is 4.79 Å². The average molecular weight is 317 g/mol. The SMILES string of the molecule is O=C(O)C1(c2cc(F)c(O)c(Br)c2)CCCCC1. The predicted octanol–water partition coefficient (Wildman–Crippen LogP) is 3.58. The van der Waals surface area contributed by atoms with Gasteiger partial charge < -0.3 is 10.2 Å². The molecule has 0 bridgehead atoms. The van der Waals surface area contributed by atoms with Crippen LogP contribution in [0.1, 0.15) is 37.7 Å². The molecule has 98 valence electrons. The number of aromatic hydroxyl groups is 1. The van der Waals surface area contributed by atoms with E-state index in [-0.39, 0.29) is 4.47 Å². The highest BCUT2D eigenvalue weighted by Crippen LogP contribution is 2.42. The Bertz CT molecular complexity index is 458. The van der Waals surface area contributed by atoms with Gasteiger partial charge in [-0.1, -0.05) is 19.3 Å². The topological polar surface area (TPSA) is 57.5 Å². The van der Waals surface area contributed by atoms with E-state index in [4.69, 9.17) is 0 Å². The number of phenols is 1. The summed E-state index contributed by atoms with van der Waals surface area (Å²) >= 11 is 3.05. The Morgan fingerprint density at radius 2 is 1.89 bits per heavy atom. The van der Waals surface area contributed by atoms with Crippen LogP contribution in [-0.4, -0.2) is 16.2 Å². The molecule has 1 aliphatic carbocycles. The Kier molecular flexibility index (Phi) is 3.61. The molecule has 5 heteroatoms. The maximum absolute atomic E-state index is 13.6. The Labute approximate surface area is 113 Å². The summed E-state index contributed by atoms with van der Waals surface area (Å²) in [5, 5.41) is 18.9. The molecule has 0 radical (unpaired) electrons. The minimum absolute atomic E-state index is 0.198. The summed E-state index contributed by atoms with van der Waals surface area (Å²) in [4.78, 5) is 11.6. The average Bonchev–Trinajstić information content (AvgIpc) is 2.36. The zero-order chi connectivity index (χ0) is 13.3. The highest BCUT2D eigenvalue weighted by molar-refractivity contribution is 9.10. The minimum atomic E-state index is -1.02. The van der Waals surface area contributed by atoms with Crippen molar-refractivity contribution in [3.63, 3.8) is 0 Å². The van der Waals surface area contributed by atoms with E-state index in [2.05, 4.69) is 15.9 Å². The smallest absolute Gasteiger partial charge is 0.314 e. The quantitative estimate of drug-likeness (QED) is 0.876. The van der Waals surface area contributed by atoms with Gasteiger partial charge in [-0.2, -0.15) is 0 Å². The second-order valence-electron chi connectivity index (χ2n) is 4.74. The maximum atomic E-state index is 13.6. The number of hydrogen-bond acceptors (Lipinski definition) is 2. The number of benzene rings is 1. The third-order valence-electron chi connectivity index (χ3n) is 3.69. The van der Waals surface area contributed by atoms with E-state index in [1.807, 2.05) is 0 Å². The molecule has 1 fully saturated rings. The maximum Gasteiger partial charge on any atom is 0.314 e. The van der Waals surface area contributed by atoms with Crippen LogP contribution >= 0.6 is 15.9 Å². The summed E-state index contributed by atoms with van der Waals surface area (Å²) in [6.07, 6.45) is 3.69. The van der Waals surface area contributed by atoms with Crippen molar-refractivity contribution in [2.24, 2.45) is 0 Å². The molecular formula is C13H14BrFO3. The van der Waals surface area contributed by atoms with Crippen LogP contribution in [0.5, 0.6) is 5.75 Å². The van der Waals surface area contributed by atoms with Gasteiger partial charge in [0.15, 0.2) is 11.6 Å². The van der Waals surface area contributed by atoms with Crippen molar-refractivity contribution >= 4 is 21.9 Å². The monoisotopic (exact) mass is 316 g/mol. The number of aliphatic carboxylic acids is 1. The van der Waals surface area contributed by atoms with Gasteiger partial charge in [0.1, 0.15) is 0 Å². The number of halogens is 2. The standard InChI is InChI=1S/C13H14BrFO3/c14-9-6-8(7-10(15)11(9)16)13(12(17)18)4-2-1-3-5-13/h6-7,16H,1-5H2,(H,17,18). The van der Waals surface area contributed by atoms with Crippen LogP contribution in [0.25, 0.3) is 0 Å². The van der Waals surface area contributed by atoms with Crippen LogP contribution in [0.3, 0.4) is 0 Å². The Hall–Kier alpha value is -1.10. The largest absolute Gasteiger partial charge is 0.504 e. The van der Waals surface area contributed by atoms with E-state index >= 15 is 0 Å². The molecule has 0 aromatic heterocycles. The van der Waals surface area contributed by atoms with Crippen molar-refractivity contribution in [3.05, 3.63) is 28.0 Å². The van der Waals surface area contributed by atoms with Gasteiger partial charge in [-0.05, 0) is 46.5 Å². The highest BCUT2D eigenvalue weighted by atomic mass is 79.9. The molecule has 3 nitrogen and oxygen atoms in total. The van der Waals surface area contributed by atoms with Crippen LogP contribution < -0.4 is 0 Å². The number of hydrogen-bond donors (Lipinski definition) is 2. The number of carboxylic acid groups (broad SMARTS) is 1. The first-order valence-corrected chi connectivity index (χ1v) is 6.68. The van der Waals surface area contributed by atoms with Crippen molar-refractivity contribution in [1.29, 1.82) is 0 Å². The van der Waals surface area contributed by atoms with Gasteiger partial charge in [0, 0.05) is 0 Å². The molecule has 0 spiro atoms. The molecule has 18 heavy (non-hydrogen) atoms. The van der Waals surface area contributed by atoms with Crippen LogP contribution in [-0.2, 0) is 10.2 Å². The van der Waals surface area contributed by atoms with Crippen molar-refractivity contribution in [2.45, 2.75) is 37.5 Å². The first-order chi connectivity index (χ1) is 8.47. The van der Waals surface area contributed by atoms with E-state index < -0.39 is 23.0 Å². The lowest BCUT2D eigenvalue weighted by molar-refractivity contribution is -0.145. The fourth-order valence-corrected chi connectivity index (χ4v) is 3.06. The third-order valence-corrected chi connectivity index (χ3v) is 4.29.